The Kier molecular flexibility index (Phi) is 5.03. The van der Waals surface area contributed by atoms with Crippen molar-refractivity contribution in [3.05, 3.63) is 35.9 Å². The van der Waals surface area contributed by atoms with E-state index in [0.29, 0.717) is 6.04 Å². The number of benzene rings is 1. The van der Waals surface area contributed by atoms with E-state index in [4.69, 9.17) is 0 Å². The molecule has 0 saturated carbocycles. The smallest absolute Gasteiger partial charge is 0.219 e. The molecule has 0 N–H and O–H groups in total. The van der Waals surface area contributed by atoms with Crippen LogP contribution < -0.4 is 0 Å². The van der Waals surface area contributed by atoms with Gasteiger partial charge in [-0.25, -0.2) is 0 Å². The van der Waals surface area contributed by atoms with Crippen molar-refractivity contribution in [3.63, 3.8) is 0 Å². The van der Waals surface area contributed by atoms with Crippen LogP contribution in [0.25, 0.3) is 0 Å². The summed E-state index contributed by atoms with van der Waals surface area (Å²) < 4.78 is 0. The van der Waals surface area contributed by atoms with E-state index in [-0.39, 0.29) is 5.91 Å². The molecule has 1 aliphatic rings. The zero-order valence-electron chi connectivity index (χ0n) is 10.4. The molecule has 0 unspecified atom stereocenters. The number of hydrogen-bond acceptors (Lipinski definition) is 1. The summed E-state index contributed by atoms with van der Waals surface area (Å²) in [5.41, 5.74) is 1.26. The third-order valence-corrected chi connectivity index (χ3v) is 2.84. The lowest BCUT2D eigenvalue weighted by Gasteiger charge is -2.23. The van der Waals surface area contributed by atoms with Crippen LogP contribution in [0.4, 0.5) is 0 Å². The number of likely N-dealkylation sites (tertiary alicyclic amines) is 1. The summed E-state index contributed by atoms with van der Waals surface area (Å²) in [5.74, 6) is 0.191. The van der Waals surface area contributed by atoms with Gasteiger partial charge >= 0.3 is 0 Å². The normalized spacial score (nSPS) is 18.9. The first-order valence-electron chi connectivity index (χ1n) is 6.11. The number of carbonyl (C=O) groups excluding carboxylic acids is 1. The van der Waals surface area contributed by atoms with Crippen molar-refractivity contribution in [1.29, 1.82) is 0 Å². The molecule has 1 fully saturated rings. The van der Waals surface area contributed by atoms with Gasteiger partial charge in [-0.15, -0.1) is 0 Å². The molecule has 88 valence electrons. The summed E-state index contributed by atoms with van der Waals surface area (Å²) in [4.78, 5) is 13.3. The maximum Gasteiger partial charge on any atom is 0.219 e. The van der Waals surface area contributed by atoms with E-state index >= 15 is 0 Å². The van der Waals surface area contributed by atoms with Gasteiger partial charge in [-0.05, 0) is 18.4 Å². The zero-order chi connectivity index (χ0) is 12.0. The van der Waals surface area contributed by atoms with Crippen LogP contribution in [-0.4, -0.2) is 17.4 Å². The van der Waals surface area contributed by atoms with E-state index < -0.39 is 0 Å². The monoisotopic (exact) mass is 219 g/mol. The van der Waals surface area contributed by atoms with Crippen molar-refractivity contribution in [1.82, 2.24) is 4.90 Å². The van der Waals surface area contributed by atoms with Gasteiger partial charge in [-0.1, -0.05) is 44.2 Å². The summed E-state index contributed by atoms with van der Waals surface area (Å²) in [5, 5.41) is 0. The third-order valence-electron chi connectivity index (χ3n) is 2.84. The van der Waals surface area contributed by atoms with Crippen LogP contribution in [0.1, 0.15) is 45.2 Å². The van der Waals surface area contributed by atoms with Gasteiger partial charge in [0, 0.05) is 13.5 Å². The first-order valence-corrected chi connectivity index (χ1v) is 6.11. The van der Waals surface area contributed by atoms with Gasteiger partial charge in [-0.2, -0.15) is 0 Å². The molecule has 1 aromatic carbocycles. The Morgan fingerprint density at radius 3 is 2.44 bits per heavy atom. The minimum Gasteiger partial charge on any atom is -0.336 e. The van der Waals surface area contributed by atoms with Crippen LogP contribution >= 0.6 is 0 Å². The minimum absolute atomic E-state index is 0.191. The highest BCUT2D eigenvalue weighted by molar-refractivity contribution is 5.74. The molecule has 1 aromatic rings. The molecule has 1 heterocycles. The summed E-state index contributed by atoms with van der Waals surface area (Å²) >= 11 is 0. The van der Waals surface area contributed by atoms with Gasteiger partial charge in [0.25, 0.3) is 0 Å². The Labute approximate surface area is 98.3 Å². The van der Waals surface area contributed by atoms with E-state index in [9.17, 15) is 4.79 Å². The zero-order valence-corrected chi connectivity index (χ0v) is 10.4. The number of hydrogen-bond donors (Lipinski definition) is 0. The van der Waals surface area contributed by atoms with Crippen molar-refractivity contribution in [2.24, 2.45) is 0 Å². The largest absolute Gasteiger partial charge is 0.336 e. The molecule has 0 aromatic heterocycles. The summed E-state index contributed by atoms with van der Waals surface area (Å²) in [6, 6.07) is 10.6. The highest BCUT2D eigenvalue weighted by Crippen LogP contribution is 2.31. The molecule has 0 aliphatic carbocycles. The number of nitrogens with zero attached hydrogens (tertiary/aromatic N) is 1. The minimum atomic E-state index is 0.191. The number of amides is 1. The maximum absolute atomic E-state index is 11.4. The van der Waals surface area contributed by atoms with Gasteiger partial charge in [0.1, 0.15) is 0 Å². The maximum atomic E-state index is 11.4. The molecule has 0 spiro atoms. The average molecular weight is 219 g/mol. The van der Waals surface area contributed by atoms with E-state index in [2.05, 4.69) is 12.1 Å². The highest BCUT2D eigenvalue weighted by Gasteiger charge is 2.27. The molecule has 2 nitrogen and oxygen atoms in total. The van der Waals surface area contributed by atoms with E-state index in [1.54, 1.807) is 6.92 Å². The van der Waals surface area contributed by atoms with Gasteiger partial charge in [0.05, 0.1) is 6.04 Å². The molecule has 0 radical (unpaired) electrons. The first kappa shape index (κ1) is 12.8. The van der Waals surface area contributed by atoms with Crippen molar-refractivity contribution >= 4 is 5.91 Å². The summed E-state index contributed by atoms with van der Waals surface area (Å²) in [6.07, 6.45) is 2.22. The Hall–Kier alpha value is -1.31. The molecule has 2 heteroatoms. The van der Waals surface area contributed by atoms with Crippen LogP contribution in [0, 0.1) is 0 Å². The van der Waals surface area contributed by atoms with E-state index in [1.807, 2.05) is 36.9 Å². The Balaban J connectivity index is 0.000000606. The fourth-order valence-electron chi connectivity index (χ4n) is 2.17. The molecule has 0 bridgehead atoms. The third kappa shape index (κ3) is 2.84. The fourth-order valence-corrected chi connectivity index (χ4v) is 2.17. The molecule has 1 amide bonds. The van der Waals surface area contributed by atoms with Crippen molar-refractivity contribution < 1.29 is 4.79 Å². The Morgan fingerprint density at radius 2 is 1.88 bits per heavy atom. The first-order chi connectivity index (χ1) is 7.79. The van der Waals surface area contributed by atoms with Gasteiger partial charge in [0.2, 0.25) is 5.91 Å². The predicted molar refractivity (Wildman–Crippen MR) is 67.2 cm³/mol. The summed E-state index contributed by atoms with van der Waals surface area (Å²) in [7, 11) is 0. The second-order valence-electron chi connectivity index (χ2n) is 3.78. The van der Waals surface area contributed by atoms with Crippen molar-refractivity contribution in [2.45, 2.75) is 39.7 Å². The molecule has 1 atom stereocenters. The molecular weight excluding hydrogens is 198 g/mol. The van der Waals surface area contributed by atoms with E-state index in [0.717, 1.165) is 19.4 Å². The average Bonchev–Trinajstić information content (AvgIpc) is 2.82. The van der Waals surface area contributed by atoms with Gasteiger partial charge in [-0.3, -0.25) is 4.79 Å². The molecule has 16 heavy (non-hydrogen) atoms. The number of carbonyl (C=O) groups is 1. The highest BCUT2D eigenvalue weighted by atomic mass is 16.2. The fraction of sp³-hybridized carbons (Fsp3) is 0.500. The van der Waals surface area contributed by atoms with Crippen LogP contribution in [0.15, 0.2) is 30.3 Å². The predicted octanol–water partition coefficient (Wildman–Crippen LogP) is 3.40. The lowest BCUT2D eigenvalue weighted by atomic mass is 10.0. The molecule has 2 rings (SSSR count). The van der Waals surface area contributed by atoms with Crippen LogP contribution in [0.3, 0.4) is 0 Å². The topological polar surface area (TPSA) is 20.3 Å². The van der Waals surface area contributed by atoms with Gasteiger partial charge < -0.3 is 4.90 Å². The lowest BCUT2D eigenvalue weighted by Crippen LogP contribution is -2.27. The van der Waals surface area contributed by atoms with Crippen molar-refractivity contribution in [3.8, 4) is 0 Å². The van der Waals surface area contributed by atoms with Crippen molar-refractivity contribution in [2.75, 3.05) is 6.54 Å². The van der Waals surface area contributed by atoms with Crippen LogP contribution in [0.2, 0.25) is 0 Å². The van der Waals surface area contributed by atoms with Gasteiger partial charge in [0.15, 0.2) is 0 Å². The second kappa shape index (κ2) is 6.31. The Morgan fingerprint density at radius 1 is 1.25 bits per heavy atom. The van der Waals surface area contributed by atoms with Crippen LogP contribution in [0.5, 0.6) is 0 Å². The Bertz CT molecular complexity index is 321. The summed E-state index contributed by atoms with van der Waals surface area (Å²) in [6.45, 7) is 6.57. The quantitative estimate of drug-likeness (QED) is 0.709. The number of rotatable bonds is 1. The van der Waals surface area contributed by atoms with Crippen LogP contribution in [-0.2, 0) is 4.79 Å². The molecule has 1 saturated heterocycles. The second-order valence-corrected chi connectivity index (χ2v) is 3.78. The SMILES string of the molecule is CC.CC(=O)N1CCC[C@H]1c1ccccc1. The van der Waals surface area contributed by atoms with E-state index in [1.165, 1.54) is 5.56 Å². The standard InChI is InChI=1S/C12H15NO.C2H6/c1-10(14)13-9-5-8-12(13)11-6-3-2-4-7-11;1-2/h2-4,6-7,12H,5,8-9H2,1H3;1-2H3/t12-;/m0./s1. The lowest BCUT2D eigenvalue weighted by molar-refractivity contribution is -0.129. The molecular formula is C14H21NO. The molecule has 1 aliphatic heterocycles.